The largest absolute Gasteiger partial charge is 0.455 e. The lowest BCUT2D eigenvalue weighted by molar-refractivity contribution is 0.625. The molecule has 0 unspecified atom stereocenters. The maximum Gasteiger partial charge on any atom is 0.278 e. The van der Waals surface area contributed by atoms with Crippen LogP contribution >= 0.6 is 0 Å². The number of furan rings is 1. The first-order chi connectivity index (χ1) is 11.6. The number of nitriles is 1. The summed E-state index contributed by atoms with van der Waals surface area (Å²) in [5.74, 6) is 0.542. The van der Waals surface area contributed by atoms with Gasteiger partial charge in [0.1, 0.15) is 17.2 Å². The van der Waals surface area contributed by atoms with E-state index < -0.39 is 0 Å². The highest BCUT2D eigenvalue weighted by atomic mass is 16.3. The van der Waals surface area contributed by atoms with Gasteiger partial charge in [-0.05, 0) is 18.1 Å². The molecule has 0 radical (unpaired) electrons. The number of hydrogen-bond acceptors (Lipinski definition) is 4. The highest BCUT2D eigenvalue weighted by Crippen LogP contribution is 2.31. The fraction of sp³-hybridized carbons (Fsp3) is 0.167. The number of fused-ring (bicyclic) bond motifs is 2. The zero-order valence-electron chi connectivity index (χ0n) is 13.2. The topological polar surface area (TPSA) is 87.1 Å². The second kappa shape index (κ2) is 5.10. The van der Waals surface area contributed by atoms with Crippen LogP contribution < -0.4 is 5.56 Å². The third-order valence-corrected chi connectivity index (χ3v) is 4.07. The summed E-state index contributed by atoms with van der Waals surface area (Å²) in [4.78, 5) is 16.0. The summed E-state index contributed by atoms with van der Waals surface area (Å²) in [6.07, 6.45) is 1.39. The van der Waals surface area contributed by atoms with Gasteiger partial charge in [0.2, 0.25) is 0 Å². The molecule has 4 aromatic rings. The summed E-state index contributed by atoms with van der Waals surface area (Å²) in [7, 11) is 0. The van der Waals surface area contributed by atoms with Crippen molar-refractivity contribution < 1.29 is 4.42 Å². The van der Waals surface area contributed by atoms with Gasteiger partial charge in [-0.3, -0.25) is 4.79 Å². The summed E-state index contributed by atoms with van der Waals surface area (Å²) in [6, 6.07) is 11.6. The van der Waals surface area contributed by atoms with Gasteiger partial charge < -0.3 is 9.40 Å². The maximum absolute atomic E-state index is 12.8. The first-order valence-electron chi connectivity index (χ1n) is 7.63. The number of H-pyrrole nitrogens is 1. The van der Waals surface area contributed by atoms with E-state index in [2.05, 4.69) is 10.1 Å². The molecular formula is C18H14N4O2. The standard InChI is InChI=1S/C18H14N4O2/c1-10(2)15-16(14-7-11-5-3-4-6-13(11)24-14)21-17-12(8-19)9-20-22(17)18(15)23/h3-7,9-10,21H,1-2H3. The average molecular weight is 318 g/mol. The van der Waals surface area contributed by atoms with E-state index in [-0.39, 0.29) is 11.5 Å². The quantitative estimate of drug-likeness (QED) is 0.613. The highest BCUT2D eigenvalue weighted by molar-refractivity contribution is 5.83. The molecule has 6 nitrogen and oxygen atoms in total. The summed E-state index contributed by atoms with van der Waals surface area (Å²) < 4.78 is 7.15. The smallest absolute Gasteiger partial charge is 0.278 e. The van der Waals surface area contributed by atoms with Crippen molar-refractivity contribution in [2.45, 2.75) is 19.8 Å². The Morgan fingerprint density at radius 1 is 1.33 bits per heavy atom. The minimum absolute atomic E-state index is 0.0314. The summed E-state index contributed by atoms with van der Waals surface area (Å²) in [6.45, 7) is 3.88. The molecule has 118 valence electrons. The van der Waals surface area contributed by atoms with Crippen molar-refractivity contribution in [3.63, 3.8) is 0 Å². The molecule has 0 aliphatic rings. The van der Waals surface area contributed by atoms with E-state index in [0.29, 0.717) is 28.2 Å². The Balaban J connectivity index is 2.11. The second-order valence-electron chi connectivity index (χ2n) is 5.95. The van der Waals surface area contributed by atoms with Crippen molar-refractivity contribution >= 4 is 16.6 Å². The normalized spacial score (nSPS) is 11.4. The molecule has 0 bridgehead atoms. The number of rotatable bonds is 2. The molecule has 0 aliphatic carbocycles. The fourth-order valence-corrected chi connectivity index (χ4v) is 2.95. The van der Waals surface area contributed by atoms with E-state index in [4.69, 9.17) is 4.42 Å². The number of nitrogens with zero attached hydrogens (tertiary/aromatic N) is 3. The zero-order valence-corrected chi connectivity index (χ0v) is 13.2. The van der Waals surface area contributed by atoms with E-state index in [0.717, 1.165) is 11.0 Å². The van der Waals surface area contributed by atoms with Gasteiger partial charge in [0.25, 0.3) is 5.56 Å². The van der Waals surface area contributed by atoms with Crippen molar-refractivity contribution in [2.75, 3.05) is 0 Å². The van der Waals surface area contributed by atoms with Gasteiger partial charge in [0.05, 0.1) is 11.9 Å². The van der Waals surface area contributed by atoms with Gasteiger partial charge >= 0.3 is 0 Å². The minimum Gasteiger partial charge on any atom is -0.455 e. The molecule has 0 amide bonds. The molecule has 1 N–H and O–H groups in total. The Bertz CT molecular complexity index is 1140. The van der Waals surface area contributed by atoms with Gasteiger partial charge in [-0.1, -0.05) is 32.0 Å². The van der Waals surface area contributed by atoms with Crippen LogP contribution in [0.25, 0.3) is 28.1 Å². The van der Waals surface area contributed by atoms with Gasteiger partial charge in [0.15, 0.2) is 11.4 Å². The van der Waals surface area contributed by atoms with Gasteiger partial charge in [-0.25, -0.2) is 0 Å². The lowest BCUT2D eigenvalue weighted by atomic mass is 10.0. The molecule has 3 heterocycles. The number of aromatic amines is 1. The average Bonchev–Trinajstić information content (AvgIpc) is 3.17. The van der Waals surface area contributed by atoms with Crippen LogP contribution in [0.3, 0.4) is 0 Å². The molecule has 1 aromatic carbocycles. The van der Waals surface area contributed by atoms with Crippen molar-refractivity contribution in [3.8, 4) is 17.5 Å². The van der Waals surface area contributed by atoms with Crippen molar-refractivity contribution in [1.29, 1.82) is 5.26 Å². The van der Waals surface area contributed by atoms with E-state index in [1.54, 1.807) is 0 Å². The monoisotopic (exact) mass is 318 g/mol. The molecule has 24 heavy (non-hydrogen) atoms. The molecule has 0 spiro atoms. The number of hydrogen-bond donors (Lipinski definition) is 1. The maximum atomic E-state index is 12.8. The predicted octanol–water partition coefficient (Wildman–Crippen LogP) is 3.43. The first-order valence-corrected chi connectivity index (χ1v) is 7.63. The van der Waals surface area contributed by atoms with Crippen LogP contribution in [0.15, 0.2) is 45.7 Å². The molecular weight excluding hydrogens is 304 g/mol. The van der Waals surface area contributed by atoms with Crippen molar-refractivity contribution in [1.82, 2.24) is 14.6 Å². The molecule has 0 atom stereocenters. The summed E-state index contributed by atoms with van der Waals surface area (Å²) in [5, 5.41) is 14.2. The van der Waals surface area contributed by atoms with E-state index >= 15 is 0 Å². The van der Waals surface area contributed by atoms with Gasteiger partial charge in [-0.15, -0.1) is 0 Å². The third-order valence-electron chi connectivity index (χ3n) is 4.07. The van der Waals surface area contributed by atoms with E-state index in [9.17, 15) is 10.1 Å². The third kappa shape index (κ3) is 1.95. The Morgan fingerprint density at radius 2 is 2.12 bits per heavy atom. The lowest BCUT2D eigenvalue weighted by Crippen LogP contribution is -2.22. The Morgan fingerprint density at radius 3 is 2.83 bits per heavy atom. The predicted molar refractivity (Wildman–Crippen MR) is 89.8 cm³/mol. The van der Waals surface area contributed by atoms with Crippen LogP contribution in [0.1, 0.15) is 30.9 Å². The highest BCUT2D eigenvalue weighted by Gasteiger charge is 2.21. The minimum atomic E-state index is -0.240. The molecule has 3 aromatic heterocycles. The Kier molecular flexibility index (Phi) is 3.03. The van der Waals surface area contributed by atoms with Crippen LogP contribution in [0.2, 0.25) is 0 Å². The van der Waals surface area contributed by atoms with Crippen LogP contribution in [0.4, 0.5) is 0 Å². The van der Waals surface area contributed by atoms with Crippen LogP contribution in [-0.2, 0) is 0 Å². The van der Waals surface area contributed by atoms with E-state index in [1.807, 2.05) is 50.2 Å². The van der Waals surface area contributed by atoms with Gasteiger partial charge in [0, 0.05) is 10.9 Å². The number of aromatic nitrogens is 3. The van der Waals surface area contributed by atoms with Crippen LogP contribution in [0.5, 0.6) is 0 Å². The second-order valence-corrected chi connectivity index (χ2v) is 5.95. The Hall–Kier alpha value is -3.33. The molecule has 6 heteroatoms. The number of para-hydroxylation sites is 1. The van der Waals surface area contributed by atoms with Crippen molar-refractivity contribution in [3.05, 3.63) is 58.0 Å². The van der Waals surface area contributed by atoms with E-state index in [1.165, 1.54) is 10.7 Å². The van der Waals surface area contributed by atoms with Crippen LogP contribution in [0, 0.1) is 11.3 Å². The SMILES string of the molecule is CC(C)c1c(-c2cc3ccccc3o2)[nH]c2c(C#N)cnn2c1=O. The molecule has 0 fully saturated rings. The fourth-order valence-electron chi connectivity index (χ4n) is 2.95. The molecule has 4 rings (SSSR count). The van der Waals surface area contributed by atoms with Crippen LogP contribution in [-0.4, -0.2) is 14.6 Å². The summed E-state index contributed by atoms with van der Waals surface area (Å²) >= 11 is 0. The lowest BCUT2D eigenvalue weighted by Gasteiger charge is -2.11. The number of benzene rings is 1. The summed E-state index contributed by atoms with van der Waals surface area (Å²) in [5.41, 5.74) is 2.37. The van der Waals surface area contributed by atoms with Crippen molar-refractivity contribution in [2.24, 2.45) is 0 Å². The molecule has 0 saturated heterocycles. The Labute approximate surface area is 137 Å². The first kappa shape index (κ1) is 14.3. The number of nitrogens with one attached hydrogen (secondary N) is 1. The molecule has 0 saturated carbocycles. The molecule has 0 aliphatic heterocycles. The van der Waals surface area contributed by atoms with Gasteiger partial charge in [-0.2, -0.15) is 14.9 Å². The zero-order chi connectivity index (χ0) is 16.8.